The molecule has 1 heterocycles. The standard InChI is InChI=1S/C27H35F3O3/c1-4-7-18-8-9-24(33-17-18)19-14-25(31-10-5-2)27(26(15-19)32-11-6-3)20-12-22(29)21(16-28)23(30)13-20/h12-15,18,24H,4-11,16-17H2,1-3H3/t18?,24-/m0/s1. The molecule has 0 amide bonds. The van der Waals surface area contributed by atoms with E-state index in [1.54, 1.807) is 0 Å². The van der Waals surface area contributed by atoms with E-state index in [-0.39, 0.29) is 11.7 Å². The molecule has 1 aliphatic heterocycles. The van der Waals surface area contributed by atoms with Crippen LogP contribution in [0.2, 0.25) is 0 Å². The van der Waals surface area contributed by atoms with Crippen LogP contribution in [0.25, 0.3) is 11.1 Å². The molecular formula is C27H35F3O3. The molecular weight excluding hydrogens is 429 g/mol. The zero-order chi connectivity index (χ0) is 23.8. The summed E-state index contributed by atoms with van der Waals surface area (Å²) in [6, 6.07) is 6.09. The molecule has 0 bridgehead atoms. The fraction of sp³-hybridized carbons (Fsp3) is 0.556. The summed E-state index contributed by atoms with van der Waals surface area (Å²) in [4.78, 5) is 0. The summed E-state index contributed by atoms with van der Waals surface area (Å²) in [5.41, 5.74) is 1.11. The Morgan fingerprint density at radius 3 is 1.94 bits per heavy atom. The van der Waals surface area contributed by atoms with Crippen LogP contribution in [0.1, 0.15) is 76.5 Å². The van der Waals surface area contributed by atoms with E-state index in [2.05, 4.69) is 6.92 Å². The minimum Gasteiger partial charge on any atom is -0.493 e. The van der Waals surface area contributed by atoms with Crippen molar-refractivity contribution in [1.29, 1.82) is 0 Å². The van der Waals surface area contributed by atoms with Gasteiger partial charge in [0.1, 0.15) is 29.8 Å². The molecule has 0 radical (unpaired) electrons. The quantitative estimate of drug-likeness (QED) is 0.338. The van der Waals surface area contributed by atoms with Gasteiger partial charge in [0.25, 0.3) is 0 Å². The monoisotopic (exact) mass is 464 g/mol. The molecule has 2 aromatic rings. The molecule has 1 fully saturated rings. The highest BCUT2D eigenvalue weighted by Crippen LogP contribution is 2.44. The SMILES string of the molecule is CCCOc1cc([C@@H]2CCC(CCC)CO2)cc(OCCC)c1-c1cc(F)c(CF)c(F)c1. The van der Waals surface area contributed by atoms with Crippen molar-refractivity contribution >= 4 is 0 Å². The first-order chi connectivity index (χ1) is 16.0. The van der Waals surface area contributed by atoms with E-state index in [4.69, 9.17) is 14.2 Å². The molecule has 182 valence electrons. The lowest BCUT2D eigenvalue weighted by atomic mass is 9.90. The van der Waals surface area contributed by atoms with Gasteiger partial charge in [0.05, 0.1) is 37.1 Å². The van der Waals surface area contributed by atoms with Crippen LogP contribution in [0, 0.1) is 17.6 Å². The van der Waals surface area contributed by atoms with Gasteiger partial charge in [-0.2, -0.15) is 0 Å². The van der Waals surface area contributed by atoms with Gasteiger partial charge in [0.15, 0.2) is 0 Å². The van der Waals surface area contributed by atoms with Gasteiger partial charge in [-0.05, 0) is 73.4 Å². The van der Waals surface area contributed by atoms with Crippen molar-refractivity contribution in [1.82, 2.24) is 0 Å². The number of benzene rings is 2. The molecule has 0 aromatic heterocycles. The van der Waals surface area contributed by atoms with Crippen molar-refractivity contribution in [3.8, 4) is 22.6 Å². The Kier molecular flexibility index (Phi) is 9.48. The van der Waals surface area contributed by atoms with Crippen molar-refractivity contribution in [2.75, 3.05) is 19.8 Å². The van der Waals surface area contributed by atoms with Crippen LogP contribution in [0.5, 0.6) is 11.5 Å². The summed E-state index contributed by atoms with van der Waals surface area (Å²) >= 11 is 0. The number of hydrogen-bond acceptors (Lipinski definition) is 3. The Labute approximate surface area is 195 Å². The van der Waals surface area contributed by atoms with Gasteiger partial charge in [-0.25, -0.2) is 13.2 Å². The summed E-state index contributed by atoms with van der Waals surface area (Å²) in [5, 5.41) is 0. The third kappa shape index (κ3) is 6.23. The van der Waals surface area contributed by atoms with Gasteiger partial charge >= 0.3 is 0 Å². The van der Waals surface area contributed by atoms with Crippen LogP contribution in [0.3, 0.4) is 0 Å². The molecule has 0 N–H and O–H groups in total. The summed E-state index contributed by atoms with van der Waals surface area (Å²) in [7, 11) is 0. The van der Waals surface area contributed by atoms with E-state index in [9.17, 15) is 13.2 Å². The van der Waals surface area contributed by atoms with E-state index in [1.807, 2.05) is 26.0 Å². The summed E-state index contributed by atoms with van der Waals surface area (Å²) in [6.45, 7) is 6.58. The lowest BCUT2D eigenvalue weighted by molar-refractivity contribution is -0.0196. The Morgan fingerprint density at radius 1 is 0.879 bits per heavy atom. The zero-order valence-electron chi connectivity index (χ0n) is 19.9. The number of halogens is 3. The maximum absolute atomic E-state index is 14.5. The third-order valence-corrected chi connectivity index (χ3v) is 6.01. The van der Waals surface area contributed by atoms with Crippen molar-refractivity contribution in [2.45, 2.75) is 72.1 Å². The van der Waals surface area contributed by atoms with Crippen molar-refractivity contribution in [3.63, 3.8) is 0 Å². The minimum atomic E-state index is -1.20. The summed E-state index contributed by atoms with van der Waals surface area (Å²) < 4.78 is 60.2. The smallest absolute Gasteiger partial charge is 0.132 e. The van der Waals surface area contributed by atoms with Crippen LogP contribution in [-0.4, -0.2) is 19.8 Å². The maximum Gasteiger partial charge on any atom is 0.132 e. The predicted molar refractivity (Wildman–Crippen MR) is 125 cm³/mol. The Bertz CT molecular complexity index is 855. The first-order valence-electron chi connectivity index (χ1n) is 12.1. The van der Waals surface area contributed by atoms with E-state index in [0.717, 1.165) is 62.8 Å². The Hall–Kier alpha value is -2.21. The second-order valence-electron chi connectivity index (χ2n) is 8.70. The summed E-state index contributed by atoms with van der Waals surface area (Å²) in [5.74, 6) is -0.274. The van der Waals surface area contributed by atoms with Crippen molar-refractivity contribution in [2.24, 2.45) is 5.92 Å². The Morgan fingerprint density at radius 2 is 1.48 bits per heavy atom. The van der Waals surface area contributed by atoms with Gasteiger partial charge in [-0.3, -0.25) is 0 Å². The van der Waals surface area contributed by atoms with Crippen molar-refractivity contribution in [3.05, 3.63) is 47.0 Å². The fourth-order valence-corrected chi connectivity index (χ4v) is 4.31. The largest absolute Gasteiger partial charge is 0.493 e. The van der Waals surface area contributed by atoms with Crippen LogP contribution in [0.15, 0.2) is 24.3 Å². The fourth-order valence-electron chi connectivity index (χ4n) is 4.31. The zero-order valence-corrected chi connectivity index (χ0v) is 19.9. The molecule has 0 aliphatic carbocycles. The predicted octanol–water partition coefficient (Wildman–Crippen LogP) is 7.95. The van der Waals surface area contributed by atoms with Crippen LogP contribution < -0.4 is 9.47 Å². The Balaban J connectivity index is 2.06. The van der Waals surface area contributed by atoms with E-state index in [1.165, 1.54) is 0 Å². The average molecular weight is 465 g/mol. The second-order valence-corrected chi connectivity index (χ2v) is 8.70. The van der Waals surface area contributed by atoms with Gasteiger partial charge in [0, 0.05) is 0 Å². The van der Waals surface area contributed by atoms with Gasteiger partial charge in [-0.1, -0.05) is 27.2 Å². The maximum atomic E-state index is 14.5. The highest BCUT2D eigenvalue weighted by molar-refractivity contribution is 5.78. The molecule has 3 nitrogen and oxygen atoms in total. The number of alkyl halides is 1. The molecule has 1 aliphatic rings. The molecule has 33 heavy (non-hydrogen) atoms. The highest BCUT2D eigenvalue weighted by atomic mass is 19.1. The number of hydrogen-bond donors (Lipinski definition) is 0. The van der Waals surface area contributed by atoms with Gasteiger partial charge < -0.3 is 14.2 Å². The van der Waals surface area contributed by atoms with Gasteiger partial charge in [0.2, 0.25) is 0 Å². The molecule has 2 aromatic carbocycles. The number of rotatable bonds is 11. The summed E-state index contributed by atoms with van der Waals surface area (Å²) in [6.07, 6.45) is 5.77. The van der Waals surface area contributed by atoms with Crippen LogP contribution >= 0.6 is 0 Å². The molecule has 0 spiro atoms. The molecule has 1 unspecified atom stereocenters. The first-order valence-corrected chi connectivity index (χ1v) is 12.1. The van der Waals surface area contributed by atoms with Gasteiger partial charge in [-0.15, -0.1) is 0 Å². The molecule has 0 saturated carbocycles. The lowest BCUT2D eigenvalue weighted by Crippen LogP contribution is -2.20. The number of ether oxygens (including phenoxy) is 3. The van der Waals surface area contributed by atoms with E-state index < -0.39 is 23.9 Å². The molecule has 2 atom stereocenters. The van der Waals surface area contributed by atoms with Crippen molar-refractivity contribution < 1.29 is 27.4 Å². The molecule has 1 saturated heterocycles. The molecule has 3 rings (SSSR count). The second kappa shape index (κ2) is 12.3. The first kappa shape index (κ1) is 25.4. The lowest BCUT2D eigenvalue weighted by Gasteiger charge is -2.30. The topological polar surface area (TPSA) is 27.7 Å². The highest BCUT2D eigenvalue weighted by Gasteiger charge is 2.26. The van der Waals surface area contributed by atoms with Crippen LogP contribution in [0.4, 0.5) is 13.2 Å². The van der Waals surface area contributed by atoms with E-state index >= 15 is 0 Å². The third-order valence-electron chi connectivity index (χ3n) is 6.01. The van der Waals surface area contributed by atoms with Crippen LogP contribution in [-0.2, 0) is 11.4 Å². The average Bonchev–Trinajstić information content (AvgIpc) is 2.81. The normalized spacial score (nSPS) is 18.4. The minimum absolute atomic E-state index is 0.0810. The molecule has 6 heteroatoms. The van der Waals surface area contributed by atoms with E-state index in [0.29, 0.717) is 36.2 Å².